The maximum atomic E-state index is 12.9. The fraction of sp³-hybridized carbons (Fsp3) is 0.667. The van der Waals surface area contributed by atoms with Crippen LogP contribution >= 0.6 is 0 Å². The van der Waals surface area contributed by atoms with Crippen molar-refractivity contribution >= 4 is 5.78 Å². The van der Waals surface area contributed by atoms with Crippen LogP contribution in [0.3, 0.4) is 0 Å². The van der Waals surface area contributed by atoms with Crippen molar-refractivity contribution in [2.45, 2.75) is 84.8 Å². The van der Waals surface area contributed by atoms with Gasteiger partial charge in [0.05, 0.1) is 12.2 Å². The molecule has 0 amide bonds. The van der Waals surface area contributed by atoms with E-state index in [1.165, 1.54) is 24.8 Å². The van der Waals surface area contributed by atoms with Crippen molar-refractivity contribution < 1.29 is 9.53 Å². The minimum absolute atomic E-state index is 0.138. The van der Waals surface area contributed by atoms with Crippen LogP contribution in [-0.4, -0.2) is 18.0 Å². The third-order valence-electron chi connectivity index (χ3n) is 8.83. The lowest BCUT2D eigenvalue weighted by Crippen LogP contribution is -2.58. The van der Waals surface area contributed by atoms with E-state index in [2.05, 4.69) is 34.3 Å². The number of ketones is 1. The van der Waals surface area contributed by atoms with Crippen molar-refractivity contribution in [3.63, 3.8) is 0 Å². The lowest BCUT2D eigenvalue weighted by Gasteiger charge is -2.62. The quantitative estimate of drug-likeness (QED) is 0.412. The van der Waals surface area contributed by atoms with Crippen LogP contribution in [0.4, 0.5) is 0 Å². The Morgan fingerprint density at radius 1 is 1.10 bits per heavy atom. The lowest BCUT2D eigenvalue weighted by molar-refractivity contribution is -0.202. The van der Waals surface area contributed by atoms with Gasteiger partial charge < -0.3 is 4.74 Å². The van der Waals surface area contributed by atoms with E-state index in [1.807, 2.05) is 30.3 Å². The first-order valence-electron chi connectivity index (χ1n) is 11.7. The molecule has 1 aromatic carbocycles. The van der Waals surface area contributed by atoms with Gasteiger partial charge in [0.2, 0.25) is 0 Å². The molecule has 0 radical (unpaired) electrons. The summed E-state index contributed by atoms with van der Waals surface area (Å²) in [6.45, 7) is 14.1. The molecule has 3 fully saturated rings. The molecule has 1 aromatic rings. The van der Waals surface area contributed by atoms with Crippen LogP contribution in [0.2, 0.25) is 0 Å². The smallest absolute Gasteiger partial charge is 0.163 e. The van der Waals surface area contributed by atoms with Crippen LogP contribution in [0, 0.1) is 28.6 Å². The summed E-state index contributed by atoms with van der Waals surface area (Å²) in [6.07, 6.45) is 8.43. The average molecular weight is 395 g/mol. The molecule has 4 rings (SSSR count). The van der Waals surface area contributed by atoms with Crippen molar-refractivity contribution in [3.8, 4) is 0 Å². The van der Waals surface area contributed by atoms with Gasteiger partial charge >= 0.3 is 0 Å². The van der Waals surface area contributed by atoms with E-state index in [-0.39, 0.29) is 16.6 Å². The topological polar surface area (TPSA) is 26.3 Å². The minimum Gasteiger partial charge on any atom is -0.374 e. The number of carbonyl (C=O) groups excluding carboxylic acids is 1. The number of hydrogen-bond acceptors (Lipinski definition) is 2. The standard InChI is InChI=1S/C27H38O2/c1-18(2)23-13-15-27(5)24-12-11-21(17-22(28)20-9-7-6-8-10-20)19(3)26(24,4)16-14-25(27)29-23/h6-10,18,21,23-25H,3,11-17H2,1-2,4-5H3. The summed E-state index contributed by atoms with van der Waals surface area (Å²) in [5, 5.41) is 0. The van der Waals surface area contributed by atoms with E-state index in [4.69, 9.17) is 4.74 Å². The zero-order valence-corrected chi connectivity index (χ0v) is 18.7. The summed E-state index contributed by atoms with van der Waals surface area (Å²) < 4.78 is 6.65. The third kappa shape index (κ3) is 3.52. The van der Waals surface area contributed by atoms with Crippen molar-refractivity contribution in [2.24, 2.45) is 28.6 Å². The van der Waals surface area contributed by atoms with E-state index in [0.29, 0.717) is 36.4 Å². The Hall–Kier alpha value is -1.41. The normalized spacial score (nSPS) is 39.7. The molecule has 0 spiro atoms. The maximum Gasteiger partial charge on any atom is 0.163 e. The van der Waals surface area contributed by atoms with Crippen LogP contribution < -0.4 is 0 Å². The molecule has 2 nitrogen and oxygen atoms in total. The number of benzene rings is 1. The zero-order valence-electron chi connectivity index (χ0n) is 18.7. The average Bonchev–Trinajstić information content (AvgIpc) is 2.71. The van der Waals surface area contributed by atoms with Crippen LogP contribution in [-0.2, 0) is 4.74 Å². The van der Waals surface area contributed by atoms with Crippen molar-refractivity contribution in [3.05, 3.63) is 48.0 Å². The third-order valence-corrected chi connectivity index (χ3v) is 8.83. The Bertz CT molecular complexity index is 766. The Morgan fingerprint density at radius 3 is 2.52 bits per heavy atom. The molecule has 2 aliphatic carbocycles. The van der Waals surface area contributed by atoms with Crippen molar-refractivity contribution in [1.82, 2.24) is 0 Å². The zero-order chi connectivity index (χ0) is 20.8. The predicted molar refractivity (Wildman–Crippen MR) is 119 cm³/mol. The SMILES string of the molecule is C=C1C(CC(=O)c2ccccc2)CCC2C1(C)CCC1OC(C(C)C)CCC12C. The Kier molecular flexibility index (Phi) is 5.53. The van der Waals surface area contributed by atoms with E-state index >= 15 is 0 Å². The molecule has 2 saturated carbocycles. The first kappa shape index (κ1) is 20.8. The molecule has 29 heavy (non-hydrogen) atoms. The Balaban J connectivity index is 1.51. The highest BCUT2D eigenvalue weighted by molar-refractivity contribution is 5.96. The number of carbonyl (C=O) groups is 1. The molecule has 6 unspecified atom stereocenters. The van der Waals surface area contributed by atoms with E-state index in [1.54, 1.807) is 0 Å². The number of allylic oxidation sites excluding steroid dienone is 1. The van der Waals surface area contributed by atoms with Gasteiger partial charge in [0.25, 0.3) is 0 Å². The van der Waals surface area contributed by atoms with Crippen molar-refractivity contribution in [2.75, 3.05) is 0 Å². The molecule has 3 aliphatic rings. The van der Waals surface area contributed by atoms with Crippen LogP contribution in [0.5, 0.6) is 0 Å². The fourth-order valence-electron chi connectivity index (χ4n) is 6.90. The number of ether oxygens (including phenoxy) is 1. The van der Waals surface area contributed by atoms with Crippen LogP contribution in [0.15, 0.2) is 42.5 Å². The van der Waals surface area contributed by atoms with Gasteiger partial charge in [0.15, 0.2) is 5.78 Å². The van der Waals surface area contributed by atoms with Gasteiger partial charge in [0.1, 0.15) is 0 Å². The van der Waals surface area contributed by atoms with Gasteiger partial charge in [-0.1, -0.05) is 70.2 Å². The molecule has 1 aliphatic heterocycles. The molecule has 1 saturated heterocycles. The second-order valence-corrected chi connectivity index (χ2v) is 10.8. The van der Waals surface area contributed by atoms with Gasteiger partial charge in [-0.2, -0.15) is 0 Å². The number of hydrogen-bond donors (Lipinski definition) is 0. The second-order valence-electron chi connectivity index (χ2n) is 10.8. The summed E-state index contributed by atoms with van der Waals surface area (Å²) in [5.41, 5.74) is 2.56. The molecule has 1 heterocycles. The molecular weight excluding hydrogens is 356 g/mol. The highest BCUT2D eigenvalue weighted by atomic mass is 16.5. The molecule has 6 atom stereocenters. The number of Topliss-reactive ketones (excluding diaryl/α,β-unsaturated/α-hetero) is 1. The number of fused-ring (bicyclic) bond motifs is 3. The minimum atomic E-state index is 0.138. The van der Waals surface area contributed by atoms with E-state index < -0.39 is 0 Å². The Labute approximate surface area is 177 Å². The first-order valence-corrected chi connectivity index (χ1v) is 11.7. The van der Waals surface area contributed by atoms with E-state index in [0.717, 1.165) is 24.8 Å². The van der Waals surface area contributed by atoms with Gasteiger partial charge in [-0.15, -0.1) is 0 Å². The summed E-state index contributed by atoms with van der Waals surface area (Å²) in [6, 6.07) is 9.76. The molecule has 2 heteroatoms. The van der Waals surface area contributed by atoms with Crippen LogP contribution in [0.1, 0.15) is 83.0 Å². The summed E-state index contributed by atoms with van der Waals surface area (Å²) >= 11 is 0. The summed E-state index contributed by atoms with van der Waals surface area (Å²) in [4.78, 5) is 12.9. The molecule has 158 valence electrons. The number of rotatable bonds is 4. The summed E-state index contributed by atoms with van der Waals surface area (Å²) in [5.74, 6) is 1.80. The van der Waals surface area contributed by atoms with Gasteiger partial charge in [-0.05, 0) is 67.1 Å². The molecule has 0 bridgehead atoms. The highest BCUT2D eigenvalue weighted by Gasteiger charge is 2.58. The Morgan fingerprint density at radius 2 is 1.83 bits per heavy atom. The van der Waals surface area contributed by atoms with Crippen LogP contribution in [0.25, 0.3) is 0 Å². The highest BCUT2D eigenvalue weighted by Crippen LogP contribution is 2.64. The fourth-order valence-corrected chi connectivity index (χ4v) is 6.90. The van der Waals surface area contributed by atoms with Crippen molar-refractivity contribution in [1.29, 1.82) is 0 Å². The lowest BCUT2D eigenvalue weighted by atomic mass is 9.46. The second kappa shape index (κ2) is 7.69. The predicted octanol–water partition coefficient (Wildman–Crippen LogP) is 6.85. The molecule has 0 N–H and O–H groups in total. The van der Waals surface area contributed by atoms with Gasteiger partial charge in [0, 0.05) is 12.0 Å². The largest absolute Gasteiger partial charge is 0.374 e. The van der Waals surface area contributed by atoms with Gasteiger partial charge in [-0.25, -0.2) is 0 Å². The molecular formula is C27H38O2. The molecule has 0 aromatic heterocycles. The monoisotopic (exact) mass is 394 g/mol. The summed E-state index contributed by atoms with van der Waals surface area (Å²) in [7, 11) is 0. The maximum absolute atomic E-state index is 12.9. The van der Waals surface area contributed by atoms with Gasteiger partial charge in [-0.3, -0.25) is 4.79 Å². The van der Waals surface area contributed by atoms with E-state index in [9.17, 15) is 4.79 Å². The first-order chi connectivity index (χ1) is 13.8.